The van der Waals surface area contributed by atoms with Gasteiger partial charge in [-0.2, -0.15) is 0 Å². The summed E-state index contributed by atoms with van der Waals surface area (Å²) in [5.74, 6) is -0.962. The van der Waals surface area contributed by atoms with Crippen LogP contribution in [0.25, 0.3) is 0 Å². The van der Waals surface area contributed by atoms with E-state index in [1.54, 1.807) is 0 Å². The van der Waals surface area contributed by atoms with Crippen LogP contribution in [0.4, 0.5) is 8.78 Å². The van der Waals surface area contributed by atoms with Crippen LogP contribution >= 0.6 is 0 Å². The molecule has 2 rings (SSSR count). The molecule has 0 saturated heterocycles. The smallest absolute Gasteiger partial charge is 0.134 e. The van der Waals surface area contributed by atoms with Crippen molar-refractivity contribution in [2.75, 3.05) is 0 Å². The lowest BCUT2D eigenvalue weighted by atomic mass is 9.79. The molecule has 0 N–H and O–H groups in total. The van der Waals surface area contributed by atoms with Crippen LogP contribution in [0.3, 0.4) is 0 Å². The van der Waals surface area contributed by atoms with E-state index in [2.05, 4.69) is 0 Å². The van der Waals surface area contributed by atoms with Gasteiger partial charge in [0.2, 0.25) is 0 Å². The molecular formula is C10H8F2O. The summed E-state index contributed by atoms with van der Waals surface area (Å²) in [6.07, 6.45) is 0.839. The Labute approximate surface area is 74.4 Å². The van der Waals surface area contributed by atoms with Crippen molar-refractivity contribution in [1.29, 1.82) is 0 Å². The van der Waals surface area contributed by atoms with Gasteiger partial charge in [0.15, 0.2) is 0 Å². The summed E-state index contributed by atoms with van der Waals surface area (Å²) in [4.78, 5) is 10.7. The first-order valence-corrected chi connectivity index (χ1v) is 4.13. The number of rotatable bonds is 1. The molecule has 0 radical (unpaired) electrons. The average Bonchev–Trinajstić information content (AvgIpc) is 1.96. The third-order valence-corrected chi connectivity index (χ3v) is 2.30. The van der Waals surface area contributed by atoms with E-state index >= 15 is 0 Å². The van der Waals surface area contributed by atoms with E-state index in [1.807, 2.05) is 0 Å². The molecule has 0 spiro atoms. The van der Waals surface area contributed by atoms with E-state index in [0.717, 1.165) is 6.07 Å². The molecule has 0 heterocycles. The number of Topliss-reactive ketones (excluding diaryl/α,β-unsaturated/α-hetero) is 1. The highest BCUT2D eigenvalue weighted by Crippen LogP contribution is 2.34. The number of ketones is 1. The van der Waals surface area contributed by atoms with Gasteiger partial charge in [0.25, 0.3) is 0 Å². The van der Waals surface area contributed by atoms with E-state index in [1.165, 1.54) is 12.1 Å². The fraction of sp³-hybridized carbons (Fsp3) is 0.300. The molecule has 1 aliphatic carbocycles. The summed E-state index contributed by atoms with van der Waals surface area (Å²) >= 11 is 0. The van der Waals surface area contributed by atoms with Crippen LogP contribution in [0.15, 0.2) is 18.2 Å². The zero-order valence-electron chi connectivity index (χ0n) is 6.89. The molecule has 0 aromatic heterocycles. The van der Waals surface area contributed by atoms with Crippen molar-refractivity contribution in [3.63, 3.8) is 0 Å². The van der Waals surface area contributed by atoms with Crippen molar-refractivity contribution in [3.8, 4) is 0 Å². The molecule has 0 atom stereocenters. The maximum absolute atomic E-state index is 12.7. The minimum absolute atomic E-state index is 0.0256. The van der Waals surface area contributed by atoms with E-state index in [0.29, 0.717) is 18.4 Å². The second kappa shape index (κ2) is 2.91. The molecule has 3 heteroatoms. The summed E-state index contributed by atoms with van der Waals surface area (Å²) in [5, 5.41) is 0. The Morgan fingerprint density at radius 1 is 1.08 bits per heavy atom. The van der Waals surface area contributed by atoms with Crippen LogP contribution in [-0.2, 0) is 4.79 Å². The topological polar surface area (TPSA) is 17.1 Å². The van der Waals surface area contributed by atoms with Crippen LogP contribution in [0.5, 0.6) is 0 Å². The fourth-order valence-electron chi connectivity index (χ4n) is 1.54. The lowest BCUT2D eigenvalue weighted by Gasteiger charge is -2.24. The normalized spacial score (nSPS) is 17.2. The van der Waals surface area contributed by atoms with Crippen molar-refractivity contribution >= 4 is 5.78 Å². The van der Waals surface area contributed by atoms with Gasteiger partial charge < -0.3 is 0 Å². The van der Waals surface area contributed by atoms with Crippen LogP contribution in [0.2, 0.25) is 0 Å². The molecule has 1 saturated carbocycles. The van der Waals surface area contributed by atoms with Gasteiger partial charge >= 0.3 is 0 Å². The highest BCUT2D eigenvalue weighted by atomic mass is 19.1. The number of hydrogen-bond donors (Lipinski definition) is 0. The van der Waals surface area contributed by atoms with Gasteiger partial charge in [-0.1, -0.05) is 0 Å². The molecule has 0 bridgehead atoms. The van der Waals surface area contributed by atoms with Crippen molar-refractivity contribution in [2.24, 2.45) is 0 Å². The van der Waals surface area contributed by atoms with Gasteiger partial charge in [0.1, 0.15) is 17.4 Å². The lowest BCUT2D eigenvalue weighted by Crippen LogP contribution is -2.21. The van der Waals surface area contributed by atoms with Gasteiger partial charge in [0.05, 0.1) is 0 Å². The summed E-state index contributed by atoms with van der Waals surface area (Å²) in [6.45, 7) is 0. The number of hydrogen-bond acceptors (Lipinski definition) is 1. The first-order valence-electron chi connectivity index (χ1n) is 4.13. The second-order valence-corrected chi connectivity index (χ2v) is 3.35. The van der Waals surface area contributed by atoms with Crippen LogP contribution in [0, 0.1) is 11.6 Å². The zero-order valence-corrected chi connectivity index (χ0v) is 6.89. The SMILES string of the molecule is O=C1CC(c2cc(F)cc(F)c2)C1. The largest absolute Gasteiger partial charge is 0.300 e. The molecule has 0 amide bonds. The number of halogens is 2. The monoisotopic (exact) mass is 182 g/mol. The van der Waals surface area contributed by atoms with E-state index in [-0.39, 0.29) is 11.7 Å². The molecule has 1 fully saturated rings. The highest BCUT2D eigenvalue weighted by molar-refractivity contribution is 5.86. The van der Waals surface area contributed by atoms with Crippen molar-refractivity contribution in [3.05, 3.63) is 35.4 Å². The third-order valence-electron chi connectivity index (χ3n) is 2.30. The van der Waals surface area contributed by atoms with E-state index in [9.17, 15) is 13.6 Å². The fourth-order valence-corrected chi connectivity index (χ4v) is 1.54. The lowest BCUT2D eigenvalue weighted by molar-refractivity contribution is -0.124. The van der Waals surface area contributed by atoms with Gasteiger partial charge in [-0.05, 0) is 23.6 Å². The quantitative estimate of drug-likeness (QED) is 0.651. The molecule has 1 aromatic rings. The Morgan fingerprint density at radius 3 is 2.08 bits per heavy atom. The molecule has 0 unspecified atom stereocenters. The van der Waals surface area contributed by atoms with Gasteiger partial charge in [-0.25, -0.2) is 8.78 Å². The van der Waals surface area contributed by atoms with Crippen molar-refractivity contribution in [1.82, 2.24) is 0 Å². The van der Waals surface area contributed by atoms with Crippen LogP contribution in [0.1, 0.15) is 24.3 Å². The Hall–Kier alpha value is -1.25. The predicted octanol–water partition coefficient (Wildman–Crippen LogP) is 2.41. The Kier molecular flexibility index (Phi) is 1.87. The molecule has 1 aromatic carbocycles. The second-order valence-electron chi connectivity index (χ2n) is 3.35. The Morgan fingerprint density at radius 2 is 1.62 bits per heavy atom. The first-order chi connectivity index (χ1) is 6.15. The molecule has 1 nitrogen and oxygen atoms in total. The molecule has 1 aliphatic rings. The summed E-state index contributed by atoms with van der Waals surface area (Å²) in [6, 6.07) is 3.42. The summed E-state index contributed by atoms with van der Waals surface area (Å²) in [5.41, 5.74) is 0.595. The van der Waals surface area contributed by atoms with Gasteiger partial charge in [0, 0.05) is 18.9 Å². The van der Waals surface area contributed by atoms with Crippen LogP contribution in [-0.4, -0.2) is 5.78 Å². The molecule has 68 valence electrons. The minimum Gasteiger partial charge on any atom is -0.300 e. The zero-order chi connectivity index (χ0) is 9.42. The van der Waals surface area contributed by atoms with Gasteiger partial charge in [-0.3, -0.25) is 4.79 Å². The highest BCUT2D eigenvalue weighted by Gasteiger charge is 2.28. The number of benzene rings is 1. The molecule has 0 aliphatic heterocycles. The molecular weight excluding hydrogens is 174 g/mol. The minimum atomic E-state index is -0.575. The number of carbonyl (C=O) groups excluding carboxylic acids is 1. The van der Waals surface area contributed by atoms with Gasteiger partial charge in [-0.15, -0.1) is 0 Å². The van der Waals surface area contributed by atoms with E-state index < -0.39 is 11.6 Å². The number of carbonyl (C=O) groups is 1. The van der Waals surface area contributed by atoms with Crippen LogP contribution < -0.4 is 0 Å². The molecule has 13 heavy (non-hydrogen) atoms. The van der Waals surface area contributed by atoms with Crippen molar-refractivity contribution in [2.45, 2.75) is 18.8 Å². The predicted molar refractivity (Wildman–Crippen MR) is 43.3 cm³/mol. The standard InChI is InChI=1S/C10H8F2O/c11-8-1-6(2-9(12)5-8)7-3-10(13)4-7/h1-2,5,7H,3-4H2. The average molecular weight is 182 g/mol. The summed E-state index contributed by atoms with van der Waals surface area (Å²) < 4.78 is 25.4. The summed E-state index contributed by atoms with van der Waals surface area (Å²) in [7, 11) is 0. The maximum Gasteiger partial charge on any atom is 0.134 e. The first kappa shape index (κ1) is 8.35. The van der Waals surface area contributed by atoms with E-state index in [4.69, 9.17) is 0 Å². The Bertz CT molecular complexity index is 332. The van der Waals surface area contributed by atoms with Crippen molar-refractivity contribution < 1.29 is 13.6 Å². The third kappa shape index (κ3) is 1.59. The Balaban J connectivity index is 2.25. The maximum atomic E-state index is 12.7.